The standard InChI is InChI=1S/C20H21N5/c1-4-13-8-12(3)18(25-20(13)22-19(24-25)14-5-6-14)15-7-11(2)17-16(9-15)10-21-23-17/h7-10,14H,4-6H2,1-3H3,(H,21,23). The fourth-order valence-corrected chi connectivity index (χ4v) is 3.75. The van der Waals surface area contributed by atoms with Gasteiger partial charge in [0.2, 0.25) is 0 Å². The summed E-state index contributed by atoms with van der Waals surface area (Å²) in [5.74, 6) is 1.55. The van der Waals surface area contributed by atoms with Gasteiger partial charge >= 0.3 is 0 Å². The van der Waals surface area contributed by atoms with Crippen LogP contribution in [0.4, 0.5) is 0 Å². The van der Waals surface area contributed by atoms with Gasteiger partial charge in [-0.3, -0.25) is 5.10 Å². The van der Waals surface area contributed by atoms with Crippen LogP contribution in [0.3, 0.4) is 0 Å². The van der Waals surface area contributed by atoms with Gasteiger partial charge in [0, 0.05) is 16.9 Å². The van der Waals surface area contributed by atoms with Crippen molar-refractivity contribution < 1.29 is 0 Å². The molecule has 1 aromatic carbocycles. The van der Waals surface area contributed by atoms with E-state index >= 15 is 0 Å². The number of nitrogens with zero attached hydrogens (tertiary/aromatic N) is 4. The lowest BCUT2D eigenvalue weighted by Gasteiger charge is -2.12. The van der Waals surface area contributed by atoms with Crippen LogP contribution in [0.1, 0.15) is 48.2 Å². The van der Waals surface area contributed by atoms with Crippen LogP contribution in [0.2, 0.25) is 0 Å². The molecule has 3 aromatic heterocycles. The number of aromatic amines is 1. The number of pyridine rings is 1. The van der Waals surface area contributed by atoms with E-state index in [9.17, 15) is 0 Å². The molecule has 0 saturated heterocycles. The Morgan fingerprint density at radius 1 is 1.16 bits per heavy atom. The van der Waals surface area contributed by atoms with Crippen LogP contribution in [-0.2, 0) is 6.42 Å². The third kappa shape index (κ3) is 2.18. The van der Waals surface area contributed by atoms with Gasteiger partial charge in [-0.05, 0) is 61.9 Å². The number of benzene rings is 1. The van der Waals surface area contributed by atoms with E-state index in [0.717, 1.165) is 34.5 Å². The van der Waals surface area contributed by atoms with Crippen molar-refractivity contribution in [1.29, 1.82) is 0 Å². The minimum absolute atomic E-state index is 0.552. The molecule has 5 heteroatoms. The van der Waals surface area contributed by atoms with E-state index in [1.165, 1.54) is 35.1 Å². The molecule has 126 valence electrons. The lowest BCUT2D eigenvalue weighted by molar-refractivity contribution is 0.876. The Balaban J connectivity index is 1.83. The highest BCUT2D eigenvalue weighted by molar-refractivity contribution is 5.87. The molecule has 0 unspecified atom stereocenters. The Kier molecular flexibility index (Phi) is 3.02. The van der Waals surface area contributed by atoms with E-state index in [0.29, 0.717) is 5.92 Å². The molecule has 1 N–H and O–H groups in total. The number of H-pyrrole nitrogens is 1. The van der Waals surface area contributed by atoms with Crippen molar-refractivity contribution >= 4 is 16.6 Å². The van der Waals surface area contributed by atoms with Gasteiger partial charge in [0.25, 0.3) is 0 Å². The molecular weight excluding hydrogens is 310 g/mol. The minimum atomic E-state index is 0.552. The van der Waals surface area contributed by atoms with Gasteiger partial charge in [-0.2, -0.15) is 10.2 Å². The highest BCUT2D eigenvalue weighted by Gasteiger charge is 2.29. The zero-order valence-corrected chi connectivity index (χ0v) is 14.8. The third-order valence-electron chi connectivity index (χ3n) is 5.23. The Labute approximate surface area is 146 Å². The average Bonchev–Trinajstić information content (AvgIpc) is 3.16. The molecule has 5 nitrogen and oxygen atoms in total. The van der Waals surface area contributed by atoms with Gasteiger partial charge in [-0.25, -0.2) is 9.50 Å². The van der Waals surface area contributed by atoms with E-state index in [-0.39, 0.29) is 0 Å². The summed E-state index contributed by atoms with van der Waals surface area (Å²) in [6.07, 6.45) is 5.28. The van der Waals surface area contributed by atoms with Crippen molar-refractivity contribution in [2.24, 2.45) is 0 Å². The molecule has 25 heavy (non-hydrogen) atoms. The Bertz CT molecular complexity index is 1110. The lowest BCUT2D eigenvalue weighted by Crippen LogP contribution is -2.01. The molecule has 0 radical (unpaired) electrons. The van der Waals surface area contributed by atoms with Crippen LogP contribution >= 0.6 is 0 Å². The predicted octanol–water partition coefficient (Wildman–Crippen LogP) is 4.33. The first-order valence-corrected chi connectivity index (χ1v) is 8.99. The SMILES string of the molecule is CCc1cc(C)c(-c2cc(C)c3[nH]ncc3c2)n2nc(C3CC3)nc12. The third-order valence-corrected chi connectivity index (χ3v) is 5.23. The molecule has 1 aliphatic rings. The Hall–Kier alpha value is -2.69. The van der Waals surface area contributed by atoms with Gasteiger partial charge in [0.1, 0.15) is 0 Å². The maximum atomic E-state index is 4.90. The largest absolute Gasteiger partial charge is 0.278 e. The number of hydrogen-bond donors (Lipinski definition) is 1. The summed E-state index contributed by atoms with van der Waals surface area (Å²) >= 11 is 0. The number of rotatable bonds is 3. The highest BCUT2D eigenvalue weighted by atomic mass is 15.3. The van der Waals surface area contributed by atoms with Crippen molar-refractivity contribution in [2.45, 2.75) is 46.0 Å². The molecular formula is C20H21N5. The van der Waals surface area contributed by atoms with Gasteiger partial charge in [0.05, 0.1) is 17.4 Å². The summed E-state index contributed by atoms with van der Waals surface area (Å²) in [4.78, 5) is 4.88. The lowest BCUT2D eigenvalue weighted by atomic mass is 10.0. The molecule has 0 spiro atoms. The summed E-state index contributed by atoms with van der Waals surface area (Å²) in [7, 11) is 0. The first kappa shape index (κ1) is 14.6. The topological polar surface area (TPSA) is 58.9 Å². The quantitative estimate of drug-likeness (QED) is 0.608. The van der Waals surface area contributed by atoms with Crippen LogP contribution < -0.4 is 0 Å². The zero-order chi connectivity index (χ0) is 17.1. The molecule has 1 saturated carbocycles. The van der Waals surface area contributed by atoms with E-state index in [2.05, 4.69) is 53.7 Å². The number of hydrogen-bond acceptors (Lipinski definition) is 3. The first-order valence-electron chi connectivity index (χ1n) is 8.99. The maximum absolute atomic E-state index is 4.90. The van der Waals surface area contributed by atoms with Gasteiger partial charge in [0.15, 0.2) is 11.5 Å². The smallest absolute Gasteiger partial charge is 0.159 e. The average molecular weight is 331 g/mol. The van der Waals surface area contributed by atoms with Crippen LogP contribution in [0.25, 0.3) is 27.8 Å². The van der Waals surface area contributed by atoms with Crippen LogP contribution in [0.5, 0.6) is 0 Å². The van der Waals surface area contributed by atoms with Gasteiger partial charge in [-0.1, -0.05) is 13.0 Å². The molecule has 0 aliphatic heterocycles. The van der Waals surface area contributed by atoms with Crippen molar-refractivity contribution in [3.05, 3.63) is 46.9 Å². The fourth-order valence-electron chi connectivity index (χ4n) is 3.75. The van der Waals surface area contributed by atoms with Crippen molar-refractivity contribution in [3.8, 4) is 11.3 Å². The molecule has 4 aromatic rings. The maximum Gasteiger partial charge on any atom is 0.159 e. The highest BCUT2D eigenvalue weighted by Crippen LogP contribution is 2.39. The van der Waals surface area contributed by atoms with E-state index < -0.39 is 0 Å². The number of fused-ring (bicyclic) bond motifs is 2. The molecule has 1 aliphatic carbocycles. The number of nitrogens with one attached hydrogen (secondary N) is 1. The van der Waals surface area contributed by atoms with Crippen LogP contribution in [0, 0.1) is 13.8 Å². The molecule has 1 fully saturated rings. The number of aryl methyl sites for hydroxylation is 3. The number of aromatic nitrogens is 5. The van der Waals surface area contributed by atoms with E-state index in [1.807, 2.05) is 6.20 Å². The van der Waals surface area contributed by atoms with E-state index in [4.69, 9.17) is 10.1 Å². The molecule has 0 amide bonds. The van der Waals surface area contributed by atoms with Crippen molar-refractivity contribution in [1.82, 2.24) is 24.8 Å². The second kappa shape index (κ2) is 5.15. The molecule has 0 bridgehead atoms. The Morgan fingerprint density at radius 2 is 2.00 bits per heavy atom. The van der Waals surface area contributed by atoms with Crippen LogP contribution in [0.15, 0.2) is 24.4 Å². The second-order valence-electron chi connectivity index (χ2n) is 7.16. The minimum Gasteiger partial charge on any atom is -0.278 e. The Morgan fingerprint density at radius 3 is 2.76 bits per heavy atom. The molecule has 0 atom stereocenters. The van der Waals surface area contributed by atoms with Gasteiger partial charge in [-0.15, -0.1) is 0 Å². The zero-order valence-electron chi connectivity index (χ0n) is 14.8. The first-order chi connectivity index (χ1) is 12.2. The summed E-state index contributed by atoms with van der Waals surface area (Å²) in [6, 6.07) is 6.68. The molecule has 5 rings (SSSR count). The predicted molar refractivity (Wildman–Crippen MR) is 98.9 cm³/mol. The van der Waals surface area contributed by atoms with Crippen molar-refractivity contribution in [3.63, 3.8) is 0 Å². The normalized spacial score (nSPS) is 14.7. The summed E-state index contributed by atoms with van der Waals surface area (Å²) in [5.41, 5.74) is 8.11. The fraction of sp³-hybridized carbons (Fsp3) is 0.350. The van der Waals surface area contributed by atoms with Crippen LogP contribution in [-0.4, -0.2) is 24.8 Å². The monoisotopic (exact) mass is 331 g/mol. The summed E-state index contributed by atoms with van der Waals surface area (Å²) in [6.45, 7) is 6.47. The summed E-state index contributed by atoms with van der Waals surface area (Å²) in [5, 5.41) is 13.3. The van der Waals surface area contributed by atoms with Crippen molar-refractivity contribution in [2.75, 3.05) is 0 Å². The summed E-state index contributed by atoms with van der Waals surface area (Å²) < 4.78 is 2.07. The molecule has 3 heterocycles. The van der Waals surface area contributed by atoms with E-state index in [1.54, 1.807) is 0 Å². The second-order valence-corrected chi connectivity index (χ2v) is 7.16. The van der Waals surface area contributed by atoms with Gasteiger partial charge < -0.3 is 0 Å².